The Morgan fingerprint density at radius 1 is 1.36 bits per heavy atom. The van der Waals surface area contributed by atoms with Crippen molar-refractivity contribution in [1.82, 2.24) is 20.1 Å². The fraction of sp³-hybridized carbons (Fsp3) is 0.529. The van der Waals surface area contributed by atoms with E-state index in [0.717, 1.165) is 18.5 Å². The van der Waals surface area contributed by atoms with Gasteiger partial charge >= 0.3 is 0 Å². The molecule has 0 atom stereocenters. The lowest BCUT2D eigenvalue weighted by atomic mass is 9.95. The van der Waals surface area contributed by atoms with E-state index in [0.29, 0.717) is 10.7 Å². The van der Waals surface area contributed by atoms with E-state index in [1.165, 1.54) is 46.4 Å². The second-order valence-electron chi connectivity index (χ2n) is 6.46. The first kappa shape index (κ1) is 17.6. The third-order valence-corrected chi connectivity index (χ3v) is 5.39. The molecule has 1 aliphatic carbocycles. The van der Waals surface area contributed by atoms with Gasteiger partial charge in [-0.2, -0.15) is 5.10 Å². The number of carbonyl (C=O) groups is 2. The van der Waals surface area contributed by atoms with Gasteiger partial charge in [-0.3, -0.25) is 19.2 Å². The molecule has 1 saturated carbocycles. The Kier molecular flexibility index (Phi) is 5.47. The van der Waals surface area contributed by atoms with Crippen LogP contribution in [0.1, 0.15) is 48.2 Å². The van der Waals surface area contributed by atoms with Crippen LogP contribution in [-0.4, -0.2) is 39.7 Å². The lowest BCUT2D eigenvalue weighted by Gasteiger charge is -2.22. The molecule has 134 valence electrons. The van der Waals surface area contributed by atoms with Gasteiger partial charge in [-0.25, -0.2) is 4.98 Å². The lowest BCUT2D eigenvalue weighted by molar-refractivity contribution is -0.122. The van der Waals surface area contributed by atoms with Crippen molar-refractivity contribution in [2.24, 2.45) is 0 Å². The van der Waals surface area contributed by atoms with Gasteiger partial charge in [-0.05, 0) is 19.8 Å². The maximum atomic E-state index is 12.5. The van der Waals surface area contributed by atoms with E-state index < -0.39 is 0 Å². The Bertz CT molecular complexity index is 748. The standard InChI is InChI=1S/C17H23N5O2S/c1-12-11-25-17(19-12)21(2)16(24)13-8-18-22(9-13)10-15(23)20-14-6-4-3-5-7-14/h8-9,11,14H,3-7,10H2,1-2H3,(H,20,23). The van der Waals surface area contributed by atoms with Gasteiger partial charge < -0.3 is 5.32 Å². The molecule has 0 radical (unpaired) electrons. The summed E-state index contributed by atoms with van der Waals surface area (Å²) in [6.07, 6.45) is 8.80. The summed E-state index contributed by atoms with van der Waals surface area (Å²) in [6.45, 7) is 2.02. The molecule has 0 unspecified atom stereocenters. The third kappa shape index (κ3) is 4.45. The van der Waals surface area contributed by atoms with Crippen molar-refractivity contribution in [3.8, 4) is 0 Å². The second-order valence-corrected chi connectivity index (χ2v) is 7.30. The van der Waals surface area contributed by atoms with Crippen LogP contribution in [-0.2, 0) is 11.3 Å². The van der Waals surface area contributed by atoms with Crippen molar-refractivity contribution < 1.29 is 9.59 Å². The molecular weight excluding hydrogens is 338 g/mol. The molecule has 1 fully saturated rings. The largest absolute Gasteiger partial charge is 0.352 e. The van der Waals surface area contributed by atoms with Crippen LogP contribution in [0.3, 0.4) is 0 Å². The van der Waals surface area contributed by atoms with Crippen LogP contribution < -0.4 is 10.2 Å². The topological polar surface area (TPSA) is 80.1 Å². The molecule has 2 aromatic rings. The van der Waals surface area contributed by atoms with Crippen molar-refractivity contribution in [3.05, 3.63) is 29.0 Å². The highest BCUT2D eigenvalue weighted by Crippen LogP contribution is 2.20. The number of carbonyl (C=O) groups excluding carboxylic acids is 2. The average molecular weight is 361 g/mol. The van der Waals surface area contributed by atoms with E-state index >= 15 is 0 Å². The number of aromatic nitrogens is 3. The Hall–Kier alpha value is -2.22. The summed E-state index contributed by atoms with van der Waals surface area (Å²) >= 11 is 1.42. The second kappa shape index (κ2) is 7.77. The first-order valence-electron chi connectivity index (χ1n) is 8.55. The Balaban J connectivity index is 1.57. The van der Waals surface area contributed by atoms with Crippen LogP contribution in [0.5, 0.6) is 0 Å². The van der Waals surface area contributed by atoms with Gasteiger partial charge in [0.25, 0.3) is 5.91 Å². The van der Waals surface area contributed by atoms with Gasteiger partial charge in [-0.15, -0.1) is 11.3 Å². The molecule has 3 rings (SSSR count). The average Bonchev–Trinajstić information content (AvgIpc) is 3.23. The molecule has 2 aromatic heterocycles. The van der Waals surface area contributed by atoms with Crippen molar-refractivity contribution in [2.45, 2.75) is 51.6 Å². The van der Waals surface area contributed by atoms with E-state index in [1.54, 1.807) is 13.2 Å². The zero-order chi connectivity index (χ0) is 17.8. The van der Waals surface area contributed by atoms with Crippen molar-refractivity contribution >= 4 is 28.3 Å². The summed E-state index contributed by atoms with van der Waals surface area (Å²) in [7, 11) is 1.69. The number of nitrogens with zero attached hydrogens (tertiary/aromatic N) is 4. The highest BCUT2D eigenvalue weighted by molar-refractivity contribution is 7.14. The van der Waals surface area contributed by atoms with E-state index in [1.807, 2.05) is 12.3 Å². The van der Waals surface area contributed by atoms with Crippen LogP contribution in [0.4, 0.5) is 5.13 Å². The van der Waals surface area contributed by atoms with Gasteiger partial charge in [0.2, 0.25) is 5.91 Å². The number of nitrogens with one attached hydrogen (secondary N) is 1. The highest BCUT2D eigenvalue weighted by atomic mass is 32.1. The first-order valence-corrected chi connectivity index (χ1v) is 9.43. The van der Waals surface area contributed by atoms with Crippen LogP contribution in [0.15, 0.2) is 17.8 Å². The zero-order valence-electron chi connectivity index (χ0n) is 14.6. The maximum absolute atomic E-state index is 12.5. The van der Waals surface area contributed by atoms with Gasteiger partial charge in [0.1, 0.15) is 6.54 Å². The molecular formula is C17H23N5O2S. The summed E-state index contributed by atoms with van der Waals surface area (Å²) < 4.78 is 1.51. The lowest BCUT2D eigenvalue weighted by Crippen LogP contribution is -2.38. The summed E-state index contributed by atoms with van der Waals surface area (Å²) in [4.78, 5) is 30.5. The molecule has 0 spiro atoms. The smallest absolute Gasteiger partial charge is 0.262 e. The molecule has 2 amide bonds. The van der Waals surface area contributed by atoms with Crippen LogP contribution in [0, 0.1) is 6.92 Å². The van der Waals surface area contributed by atoms with Gasteiger partial charge in [0.05, 0.1) is 17.5 Å². The SMILES string of the molecule is Cc1csc(N(C)C(=O)c2cnn(CC(=O)NC3CCCCC3)c2)n1. The molecule has 0 aliphatic heterocycles. The Morgan fingerprint density at radius 2 is 2.12 bits per heavy atom. The van der Waals surface area contributed by atoms with E-state index in [4.69, 9.17) is 0 Å². The molecule has 0 saturated heterocycles. The van der Waals surface area contributed by atoms with Crippen LogP contribution in [0.2, 0.25) is 0 Å². The van der Waals surface area contributed by atoms with E-state index in [2.05, 4.69) is 15.4 Å². The molecule has 2 heterocycles. The predicted molar refractivity (Wildman–Crippen MR) is 96.8 cm³/mol. The number of aryl methyl sites for hydroxylation is 1. The number of amides is 2. The minimum Gasteiger partial charge on any atom is -0.352 e. The molecule has 0 bridgehead atoms. The minimum absolute atomic E-state index is 0.0575. The monoisotopic (exact) mass is 361 g/mol. The van der Waals surface area contributed by atoms with Crippen molar-refractivity contribution in [3.63, 3.8) is 0 Å². The third-order valence-electron chi connectivity index (χ3n) is 4.35. The van der Waals surface area contributed by atoms with Gasteiger partial charge in [0.15, 0.2) is 5.13 Å². The normalized spacial score (nSPS) is 15.1. The zero-order valence-corrected chi connectivity index (χ0v) is 15.4. The number of anilines is 1. The molecule has 25 heavy (non-hydrogen) atoms. The molecule has 0 aromatic carbocycles. The Morgan fingerprint density at radius 3 is 2.80 bits per heavy atom. The Labute approximate surface area is 151 Å². The quantitative estimate of drug-likeness (QED) is 0.887. The fourth-order valence-corrected chi connectivity index (χ4v) is 3.77. The molecule has 8 heteroatoms. The number of hydrogen-bond donors (Lipinski definition) is 1. The fourth-order valence-electron chi connectivity index (χ4n) is 3.00. The van der Waals surface area contributed by atoms with E-state index in [9.17, 15) is 9.59 Å². The predicted octanol–water partition coefficient (Wildman–Crippen LogP) is 2.37. The highest BCUT2D eigenvalue weighted by Gasteiger charge is 2.19. The number of hydrogen-bond acceptors (Lipinski definition) is 5. The summed E-state index contributed by atoms with van der Waals surface area (Å²) in [6, 6.07) is 0.275. The van der Waals surface area contributed by atoms with Crippen molar-refractivity contribution in [1.29, 1.82) is 0 Å². The molecule has 1 aliphatic rings. The van der Waals surface area contributed by atoms with Gasteiger partial charge in [-0.1, -0.05) is 19.3 Å². The minimum atomic E-state index is -0.187. The summed E-state index contributed by atoms with van der Waals surface area (Å²) in [5, 5.41) is 9.74. The maximum Gasteiger partial charge on any atom is 0.262 e. The first-order chi connectivity index (χ1) is 12.0. The number of thiazole rings is 1. The van der Waals surface area contributed by atoms with Gasteiger partial charge in [0, 0.05) is 24.7 Å². The molecule has 1 N–H and O–H groups in total. The van der Waals surface area contributed by atoms with Crippen LogP contribution >= 0.6 is 11.3 Å². The number of rotatable bonds is 5. The molecule has 7 nitrogen and oxygen atoms in total. The summed E-state index contributed by atoms with van der Waals surface area (Å²) in [5.41, 5.74) is 1.33. The van der Waals surface area contributed by atoms with Crippen LogP contribution in [0.25, 0.3) is 0 Å². The summed E-state index contributed by atoms with van der Waals surface area (Å²) in [5.74, 6) is -0.244. The van der Waals surface area contributed by atoms with E-state index in [-0.39, 0.29) is 24.4 Å². The van der Waals surface area contributed by atoms with Crippen molar-refractivity contribution in [2.75, 3.05) is 11.9 Å².